The number of nitrogens with zero attached hydrogens (tertiary/aromatic N) is 3. The van der Waals surface area contributed by atoms with Gasteiger partial charge in [-0.2, -0.15) is 0 Å². The van der Waals surface area contributed by atoms with Crippen LogP contribution in [0.3, 0.4) is 0 Å². The Kier molecular flexibility index (Phi) is 3.97. The third-order valence-corrected chi connectivity index (χ3v) is 3.50. The molecule has 1 aliphatic rings. The molecule has 0 bridgehead atoms. The largest absolute Gasteiger partial charge is 0.355 e. The minimum Gasteiger partial charge on any atom is -0.355 e. The lowest BCUT2D eigenvalue weighted by Crippen LogP contribution is -2.45. The van der Waals surface area contributed by atoms with E-state index in [0.717, 1.165) is 24.5 Å². The Labute approximate surface area is 103 Å². The predicted molar refractivity (Wildman–Crippen MR) is 71.1 cm³/mol. The van der Waals surface area contributed by atoms with Crippen LogP contribution in [0.1, 0.15) is 18.4 Å². The average Bonchev–Trinajstić information content (AvgIpc) is 2.39. The van der Waals surface area contributed by atoms with Crippen molar-refractivity contribution < 1.29 is 0 Å². The van der Waals surface area contributed by atoms with E-state index in [2.05, 4.69) is 34.9 Å². The van der Waals surface area contributed by atoms with Crippen molar-refractivity contribution in [1.29, 1.82) is 0 Å². The standard InChI is InChI=1S/C13H22N4/c1-16(2)12-4-3-7-17(10-12)13-8-11(9-14)5-6-15-13/h5-6,8,12H,3-4,7,9-10,14H2,1-2H3. The Morgan fingerprint density at radius 3 is 3.06 bits per heavy atom. The lowest BCUT2D eigenvalue weighted by atomic mass is 10.0. The second kappa shape index (κ2) is 5.47. The Bertz CT molecular complexity index is 364. The maximum Gasteiger partial charge on any atom is 0.128 e. The van der Waals surface area contributed by atoms with Crippen LogP contribution in [-0.2, 0) is 6.54 Å². The minimum atomic E-state index is 0.584. The molecule has 1 aliphatic heterocycles. The van der Waals surface area contributed by atoms with E-state index >= 15 is 0 Å². The van der Waals surface area contributed by atoms with E-state index in [1.807, 2.05) is 12.3 Å². The highest BCUT2D eigenvalue weighted by Gasteiger charge is 2.22. The lowest BCUT2D eigenvalue weighted by molar-refractivity contribution is 0.257. The second-order valence-electron chi connectivity index (χ2n) is 4.93. The molecule has 1 unspecified atom stereocenters. The van der Waals surface area contributed by atoms with Gasteiger partial charge in [0.25, 0.3) is 0 Å². The maximum atomic E-state index is 5.67. The van der Waals surface area contributed by atoms with Gasteiger partial charge in [-0.15, -0.1) is 0 Å². The molecule has 0 aliphatic carbocycles. The smallest absolute Gasteiger partial charge is 0.128 e. The van der Waals surface area contributed by atoms with Crippen molar-refractivity contribution in [2.75, 3.05) is 32.1 Å². The van der Waals surface area contributed by atoms with Crippen LogP contribution in [-0.4, -0.2) is 43.1 Å². The van der Waals surface area contributed by atoms with Gasteiger partial charge in [0.05, 0.1) is 0 Å². The molecule has 94 valence electrons. The first-order chi connectivity index (χ1) is 8.20. The number of rotatable bonds is 3. The number of hydrogen-bond acceptors (Lipinski definition) is 4. The summed E-state index contributed by atoms with van der Waals surface area (Å²) >= 11 is 0. The fourth-order valence-corrected chi connectivity index (χ4v) is 2.34. The summed E-state index contributed by atoms with van der Waals surface area (Å²) in [7, 11) is 4.30. The first kappa shape index (κ1) is 12.3. The summed E-state index contributed by atoms with van der Waals surface area (Å²) in [4.78, 5) is 9.13. The van der Waals surface area contributed by atoms with E-state index in [-0.39, 0.29) is 0 Å². The van der Waals surface area contributed by atoms with Crippen LogP contribution < -0.4 is 10.6 Å². The van der Waals surface area contributed by atoms with E-state index in [1.54, 1.807) is 0 Å². The summed E-state index contributed by atoms with van der Waals surface area (Å²) in [6.45, 7) is 2.75. The van der Waals surface area contributed by atoms with Crippen LogP contribution >= 0.6 is 0 Å². The monoisotopic (exact) mass is 234 g/mol. The lowest BCUT2D eigenvalue weighted by Gasteiger charge is -2.36. The molecule has 17 heavy (non-hydrogen) atoms. The van der Waals surface area contributed by atoms with Gasteiger partial charge in [-0.3, -0.25) is 0 Å². The summed E-state index contributed by atoms with van der Waals surface area (Å²) in [5, 5.41) is 0. The number of hydrogen-bond donors (Lipinski definition) is 1. The Balaban J connectivity index is 2.10. The normalized spacial score (nSPS) is 20.9. The second-order valence-corrected chi connectivity index (χ2v) is 4.93. The van der Waals surface area contributed by atoms with Crippen LogP contribution in [0, 0.1) is 0 Å². The molecule has 2 rings (SSSR count). The molecule has 0 spiro atoms. The van der Waals surface area contributed by atoms with Crippen LogP contribution in [0.25, 0.3) is 0 Å². The molecular formula is C13H22N4. The molecule has 1 aromatic rings. The number of pyridine rings is 1. The molecule has 1 saturated heterocycles. The van der Waals surface area contributed by atoms with Gasteiger partial charge in [-0.25, -0.2) is 4.98 Å². The first-order valence-corrected chi connectivity index (χ1v) is 6.27. The van der Waals surface area contributed by atoms with Gasteiger partial charge in [-0.1, -0.05) is 0 Å². The van der Waals surface area contributed by atoms with Crippen molar-refractivity contribution in [2.24, 2.45) is 5.73 Å². The Hall–Kier alpha value is -1.13. The Morgan fingerprint density at radius 1 is 1.53 bits per heavy atom. The third-order valence-electron chi connectivity index (χ3n) is 3.50. The summed E-state index contributed by atoms with van der Waals surface area (Å²) in [6.07, 6.45) is 4.37. The van der Waals surface area contributed by atoms with Gasteiger partial charge in [-0.05, 0) is 44.6 Å². The van der Waals surface area contributed by atoms with Gasteiger partial charge in [0.15, 0.2) is 0 Å². The molecule has 2 N–H and O–H groups in total. The van der Waals surface area contributed by atoms with Gasteiger partial charge in [0, 0.05) is 31.9 Å². The topological polar surface area (TPSA) is 45.4 Å². The van der Waals surface area contributed by atoms with Crippen molar-refractivity contribution in [3.8, 4) is 0 Å². The molecule has 0 aromatic carbocycles. The highest BCUT2D eigenvalue weighted by atomic mass is 15.2. The molecule has 0 saturated carbocycles. The fourth-order valence-electron chi connectivity index (χ4n) is 2.34. The van der Waals surface area contributed by atoms with Crippen LogP contribution in [0.15, 0.2) is 18.3 Å². The SMILES string of the molecule is CN(C)C1CCCN(c2cc(CN)ccn2)C1. The summed E-state index contributed by atoms with van der Waals surface area (Å²) in [6, 6.07) is 4.72. The first-order valence-electron chi connectivity index (χ1n) is 6.27. The average molecular weight is 234 g/mol. The molecule has 4 nitrogen and oxygen atoms in total. The van der Waals surface area contributed by atoms with Gasteiger partial charge >= 0.3 is 0 Å². The zero-order chi connectivity index (χ0) is 12.3. The Morgan fingerprint density at radius 2 is 2.35 bits per heavy atom. The van der Waals surface area contributed by atoms with Crippen molar-refractivity contribution in [3.05, 3.63) is 23.9 Å². The zero-order valence-electron chi connectivity index (χ0n) is 10.8. The summed E-state index contributed by atoms with van der Waals surface area (Å²) in [5.74, 6) is 1.07. The molecule has 0 amide bonds. The van der Waals surface area contributed by atoms with E-state index < -0.39 is 0 Å². The van der Waals surface area contributed by atoms with Crippen molar-refractivity contribution in [3.63, 3.8) is 0 Å². The number of anilines is 1. The number of likely N-dealkylation sites (N-methyl/N-ethyl adjacent to an activating group) is 1. The van der Waals surface area contributed by atoms with Crippen molar-refractivity contribution in [2.45, 2.75) is 25.4 Å². The molecule has 1 fully saturated rings. The maximum absolute atomic E-state index is 5.67. The molecule has 0 radical (unpaired) electrons. The molecule has 1 aromatic heterocycles. The van der Waals surface area contributed by atoms with Crippen molar-refractivity contribution in [1.82, 2.24) is 9.88 Å². The van der Waals surface area contributed by atoms with Crippen molar-refractivity contribution >= 4 is 5.82 Å². The zero-order valence-corrected chi connectivity index (χ0v) is 10.8. The summed E-state index contributed by atoms with van der Waals surface area (Å²) in [5.41, 5.74) is 6.82. The predicted octanol–water partition coefficient (Wildman–Crippen LogP) is 1.07. The van der Waals surface area contributed by atoms with Crippen LogP contribution in [0.5, 0.6) is 0 Å². The van der Waals surface area contributed by atoms with E-state index in [9.17, 15) is 0 Å². The van der Waals surface area contributed by atoms with Gasteiger partial charge in [0.1, 0.15) is 5.82 Å². The van der Waals surface area contributed by atoms with Crippen LogP contribution in [0.4, 0.5) is 5.82 Å². The quantitative estimate of drug-likeness (QED) is 0.850. The van der Waals surface area contributed by atoms with Crippen LogP contribution in [0.2, 0.25) is 0 Å². The number of nitrogens with two attached hydrogens (primary N) is 1. The molecule has 2 heterocycles. The highest BCUT2D eigenvalue weighted by Crippen LogP contribution is 2.20. The molecule has 4 heteroatoms. The third kappa shape index (κ3) is 2.96. The number of piperidine rings is 1. The van der Waals surface area contributed by atoms with E-state index in [1.165, 1.54) is 12.8 Å². The van der Waals surface area contributed by atoms with Gasteiger partial charge in [0.2, 0.25) is 0 Å². The molecular weight excluding hydrogens is 212 g/mol. The fraction of sp³-hybridized carbons (Fsp3) is 0.615. The minimum absolute atomic E-state index is 0.584. The van der Waals surface area contributed by atoms with E-state index in [4.69, 9.17) is 5.73 Å². The van der Waals surface area contributed by atoms with E-state index in [0.29, 0.717) is 12.6 Å². The summed E-state index contributed by atoms with van der Waals surface area (Å²) < 4.78 is 0. The highest BCUT2D eigenvalue weighted by molar-refractivity contribution is 5.41. The molecule has 1 atom stereocenters. The van der Waals surface area contributed by atoms with Gasteiger partial charge < -0.3 is 15.5 Å². The number of aromatic nitrogens is 1.